The van der Waals surface area contributed by atoms with Gasteiger partial charge in [-0.2, -0.15) is 0 Å². The molecule has 0 aliphatic heterocycles. The van der Waals surface area contributed by atoms with Gasteiger partial charge in [0.25, 0.3) is 0 Å². The zero-order valence-electron chi connectivity index (χ0n) is 37.3. The lowest BCUT2D eigenvalue weighted by molar-refractivity contribution is 0.986. The van der Waals surface area contributed by atoms with Crippen molar-refractivity contribution in [2.24, 2.45) is 0 Å². The summed E-state index contributed by atoms with van der Waals surface area (Å²) in [5, 5.41) is 12.7. The van der Waals surface area contributed by atoms with E-state index in [9.17, 15) is 0 Å². The number of hydrogen-bond acceptors (Lipinski definition) is 1. The van der Waals surface area contributed by atoms with Gasteiger partial charge in [-0.25, -0.2) is 0 Å². The van der Waals surface area contributed by atoms with E-state index in [1.807, 2.05) is 0 Å². The van der Waals surface area contributed by atoms with Gasteiger partial charge in [-0.05, 0) is 160 Å². The Bertz CT molecular complexity index is 3770. The molecule has 1 heteroatoms. The Labute approximate surface area is 391 Å². The minimum atomic E-state index is 1.03. The van der Waals surface area contributed by atoms with Crippen LogP contribution in [-0.2, 0) is 6.42 Å². The molecule has 0 fully saturated rings. The fourth-order valence-corrected chi connectivity index (χ4v) is 11.4. The SMILES string of the molecule is C1=CCCC(c2c3c(c(-c4ccc(N(c5ccc(-c6c7ccccc7c(-c7ccccc7)c7ccccc67)cc5)c5cc6ccccc6c6ccccc56)cc4)c4ccccc24)CCC=C3)=C1. The van der Waals surface area contributed by atoms with E-state index in [-0.39, 0.29) is 0 Å². The molecule has 11 aromatic carbocycles. The van der Waals surface area contributed by atoms with Crippen molar-refractivity contribution < 1.29 is 0 Å². The number of rotatable bonds is 7. The van der Waals surface area contributed by atoms with Gasteiger partial charge in [-0.3, -0.25) is 0 Å². The molecule has 1 nitrogen and oxygen atoms in total. The molecule has 0 unspecified atom stereocenters. The van der Waals surface area contributed by atoms with Crippen LogP contribution in [-0.4, -0.2) is 0 Å². The lowest BCUT2D eigenvalue weighted by atomic mass is 9.79. The zero-order valence-corrected chi connectivity index (χ0v) is 37.3. The molecule has 2 aliphatic carbocycles. The summed E-state index contributed by atoms with van der Waals surface area (Å²) in [4.78, 5) is 2.47. The van der Waals surface area contributed by atoms with Crippen molar-refractivity contribution in [2.75, 3.05) is 4.90 Å². The van der Waals surface area contributed by atoms with E-state index in [1.54, 1.807) is 0 Å². The third-order valence-corrected chi connectivity index (χ3v) is 14.4. The highest BCUT2D eigenvalue weighted by Crippen LogP contribution is 2.48. The van der Waals surface area contributed by atoms with E-state index in [1.165, 1.54) is 110 Å². The molecular formula is C66H47N. The molecule has 0 saturated heterocycles. The number of anilines is 3. The van der Waals surface area contributed by atoms with E-state index < -0.39 is 0 Å². The number of nitrogens with zero attached hydrogens (tertiary/aromatic N) is 1. The molecule has 0 saturated carbocycles. The van der Waals surface area contributed by atoms with E-state index in [2.05, 4.69) is 242 Å². The Morgan fingerprint density at radius 3 is 1.39 bits per heavy atom. The second kappa shape index (κ2) is 16.3. The van der Waals surface area contributed by atoms with Gasteiger partial charge >= 0.3 is 0 Å². The Hall–Kier alpha value is -8.26. The summed E-state index contributed by atoms with van der Waals surface area (Å²) in [5.41, 5.74) is 16.7. The van der Waals surface area contributed by atoms with Gasteiger partial charge in [0.15, 0.2) is 0 Å². The normalized spacial score (nSPS) is 13.4. The first-order chi connectivity index (χ1) is 33.3. The molecule has 0 N–H and O–H groups in total. The number of fused-ring (bicyclic) bond motifs is 7. The number of hydrogen-bond donors (Lipinski definition) is 0. The van der Waals surface area contributed by atoms with Crippen LogP contribution in [0.1, 0.15) is 36.0 Å². The first kappa shape index (κ1) is 39.1. The van der Waals surface area contributed by atoms with E-state index >= 15 is 0 Å². The molecule has 0 atom stereocenters. The molecule has 0 aromatic heterocycles. The molecule has 13 rings (SSSR count). The minimum absolute atomic E-state index is 1.03. The predicted molar refractivity (Wildman–Crippen MR) is 289 cm³/mol. The molecule has 0 radical (unpaired) electrons. The summed E-state index contributed by atoms with van der Waals surface area (Å²) < 4.78 is 0. The van der Waals surface area contributed by atoms with E-state index in [0.29, 0.717) is 0 Å². The second-order valence-electron chi connectivity index (χ2n) is 18.1. The summed E-state index contributed by atoms with van der Waals surface area (Å²) in [7, 11) is 0. The summed E-state index contributed by atoms with van der Waals surface area (Å²) in [6, 6.07) is 76.6. The van der Waals surface area contributed by atoms with Crippen molar-refractivity contribution in [3.63, 3.8) is 0 Å². The van der Waals surface area contributed by atoms with Gasteiger partial charge in [0, 0.05) is 16.8 Å². The monoisotopic (exact) mass is 853 g/mol. The number of benzene rings is 11. The van der Waals surface area contributed by atoms with Gasteiger partial charge in [0.1, 0.15) is 0 Å². The summed E-state index contributed by atoms with van der Waals surface area (Å²) in [5.74, 6) is 0. The van der Waals surface area contributed by atoms with Gasteiger partial charge in [-0.1, -0.05) is 206 Å². The average Bonchev–Trinajstić information content (AvgIpc) is 3.40. The van der Waals surface area contributed by atoms with Crippen molar-refractivity contribution in [3.8, 4) is 33.4 Å². The fraction of sp³-hybridized carbons (Fsp3) is 0.0606. The average molecular weight is 854 g/mol. The molecule has 0 bridgehead atoms. The molecule has 0 amide bonds. The third-order valence-electron chi connectivity index (χ3n) is 14.4. The lowest BCUT2D eigenvalue weighted by Crippen LogP contribution is -2.11. The third kappa shape index (κ3) is 6.53. The summed E-state index contributed by atoms with van der Waals surface area (Å²) in [6.45, 7) is 0. The molecule has 0 spiro atoms. The maximum Gasteiger partial charge on any atom is 0.0546 e. The minimum Gasteiger partial charge on any atom is -0.310 e. The van der Waals surface area contributed by atoms with Gasteiger partial charge in [-0.15, -0.1) is 0 Å². The Morgan fingerprint density at radius 1 is 0.343 bits per heavy atom. The lowest BCUT2D eigenvalue weighted by Gasteiger charge is -2.28. The van der Waals surface area contributed by atoms with Crippen LogP contribution in [0.4, 0.5) is 17.1 Å². The summed E-state index contributed by atoms with van der Waals surface area (Å²) >= 11 is 0. The number of allylic oxidation sites excluding steroid dienone is 5. The highest BCUT2D eigenvalue weighted by molar-refractivity contribution is 6.21. The molecular weight excluding hydrogens is 807 g/mol. The van der Waals surface area contributed by atoms with Gasteiger partial charge in [0.05, 0.1) is 5.69 Å². The van der Waals surface area contributed by atoms with Crippen molar-refractivity contribution in [1.29, 1.82) is 0 Å². The quantitative estimate of drug-likeness (QED) is 0.114. The Kier molecular flexibility index (Phi) is 9.53. The smallest absolute Gasteiger partial charge is 0.0546 e. The van der Waals surface area contributed by atoms with Gasteiger partial charge < -0.3 is 4.90 Å². The molecule has 0 heterocycles. The molecule has 67 heavy (non-hydrogen) atoms. The Morgan fingerprint density at radius 2 is 0.806 bits per heavy atom. The van der Waals surface area contributed by atoms with Crippen LogP contribution in [0.2, 0.25) is 0 Å². The van der Waals surface area contributed by atoms with Crippen LogP contribution in [0.3, 0.4) is 0 Å². The van der Waals surface area contributed by atoms with Crippen molar-refractivity contribution in [3.05, 3.63) is 247 Å². The van der Waals surface area contributed by atoms with Crippen LogP contribution in [0.15, 0.2) is 231 Å². The predicted octanol–water partition coefficient (Wildman–Crippen LogP) is 18.6. The zero-order chi connectivity index (χ0) is 44.3. The second-order valence-corrected chi connectivity index (χ2v) is 18.1. The largest absolute Gasteiger partial charge is 0.310 e. The van der Waals surface area contributed by atoms with Crippen LogP contribution in [0.25, 0.3) is 98.9 Å². The van der Waals surface area contributed by atoms with Crippen LogP contribution < -0.4 is 4.90 Å². The first-order valence-corrected chi connectivity index (χ1v) is 23.8. The topological polar surface area (TPSA) is 3.24 Å². The highest BCUT2D eigenvalue weighted by atomic mass is 15.1. The van der Waals surface area contributed by atoms with E-state index in [4.69, 9.17) is 0 Å². The summed E-state index contributed by atoms with van der Waals surface area (Å²) in [6.07, 6.45) is 15.9. The highest BCUT2D eigenvalue weighted by Gasteiger charge is 2.24. The standard InChI is InChI=1S/C66H47N/c1-3-19-44(20-4-1)63-54-27-11-15-31-58(54)65(59-32-16-12-28-55(59)63)46-35-39-49(40-36-46)67(62-43-48-23-7-8-24-51(48)52-25-9-10-26-53(52)62)50-41-37-47(38-42-50)66-60-33-17-13-29-56(60)64(45-21-5-2-6-22-45)57-30-14-18-34-61(57)66/h1-5,7-17,19-21,23-33,35-43H,6,18,22,34H2. The molecule has 2 aliphatic rings. The molecule has 316 valence electrons. The maximum absolute atomic E-state index is 2.47. The van der Waals surface area contributed by atoms with Crippen molar-refractivity contribution in [1.82, 2.24) is 0 Å². The maximum atomic E-state index is 2.47. The van der Waals surface area contributed by atoms with E-state index in [0.717, 1.165) is 42.7 Å². The van der Waals surface area contributed by atoms with Crippen molar-refractivity contribution >= 4 is 82.6 Å². The fourth-order valence-electron chi connectivity index (χ4n) is 11.4. The Balaban J connectivity index is 0.994. The van der Waals surface area contributed by atoms with Gasteiger partial charge in [0.2, 0.25) is 0 Å². The first-order valence-electron chi connectivity index (χ1n) is 23.8. The molecule has 11 aromatic rings. The van der Waals surface area contributed by atoms with Crippen LogP contribution in [0, 0.1) is 0 Å². The van der Waals surface area contributed by atoms with Crippen molar-refractivity contribution in [2.45, 2.75) is 25.7 Å². The van der Waals surface area contributed by atoms with Crippen LogP contribution in [0.5, 0.6) is 0 Å². The van der Waals surface area contributed by atoms with Crippen LogP contribution >= 0.6 is 0 Å².